The van der Waals surface area contributed by atoms with Crippen LogP contribution in [0.1, 0.15) is 40.3 Å². The van der Waals surface area contributed by atoms with E-state index in [2.05, 4.69) is 0 Å². The van der Waals surface area contributed by atoms with Gasteiger partial charge < -0.3 is 23.7 Å². The number of aryl methyl sites for hydroxylation is 1. The van der Waals surface area contributed by atoms with Crippen LogP contribution >= 0.6 is 0 Å². The van der Waals surface area contributed by atoms with Crippen molar-refractivity contribution in [2.24, 2.45) is 0 Å². The highest BCUT2D eigenvalue weighted by atomic mass is 19.1. The Morgan fingerprint density at radius 1 is 1.06 bits per heavy atom. The van der Waals surface area contributed by atoms with Crippen molar-refractivity contribution in [2.75, 3.05) is 26.8 Å². The highest BCUT2D eigenvalue weighted by Gasteiger charge is 2.28. The van der Waals surface area contributed by atoms with Crippen molar-refractivity contribution in [3.63, 3.8) is 0 Å². The van der Waals surface area contributed by atoms with Gasteiger partial charge in [0.2, 0.25) is 5.91 Å². The number of carbonyl (C=O) groups excluding carboxylic acids is 2. The van der Waals surface area contributed by atoms with Crippen LogP contribution in [0.15, 0.2) is 65.1 Å². The van der Waals surface area contributed by atoms with E-state index in [9.17, 15) is 14.0 Å². The van der Waals surface area contributed by atoms with Gasteiger partial charge >= 0.3 is 0 Å². The molecule has 1 atom stereocenters. The van der Waals surface area contributed by atoms with E-state index in [-0.39, 0.29) is 43.4 Å². The quantitative estimate of drug-likeness (QED) is 0.412. The summed E-state index contributed by atoms with van der Waals surface area (Å²) in [6.07, 6.45) is 1.64. The van der Waals surface area contributed by atoms with Crippen LogP contribution in [0.5, 0.6) is 5.75 Å². The summed E-state index contributed by atoms with van der Waals surface area (Å²) in [6, 6.07) is 16.6. The molecule has 0 aliphatic carbocycles. The van der Waals surface area contributed by atoms with Crippen molar-refractivity contribution in [2.45, 2.75) is 39.0 Å². The third-order valence-electron chi connectivity index (χ3n) is 6.16. The van der Waals surface area contributed by atoms with Crippen molar-refractivity contribution in [1.82, 2.24) is 9.80 Å². The monoisotopic (exact) mass is 494 g/mol. The Balaban J connectivity index is 1.56. The van der Waals surface area contributed by atoms with Gasteiger partial charge in [0.15, 0.2) is 0 Å². The Hall–Kier alpha value is -3.65. The summed E-state index contributed by atoms with van der Waals surface area (Å²) >= 11 is 0. The lowest BCUT2D eigenvalue weighted by Crippen LogP contribution is -2.45. The maximum absolute atomic E-state index is 13.6. The minimum absolute atomic E-state index is 0.120. The molecule has 1 unspecified atom stereocenters. The molecule has 3 aromatic rings. The number of rotatable bonds is 10. The van der Waals surface area contributed by atoms with Gasteiger partial charge in [-0.3, -0.25) is 9.59 Å². The van der Waals surface area contributed by atoms with Gasteiger partial charge in [-0.2, -0.15) is 0 Å². The number of benzene rings is 2. The average Bonchev–Trinajstić information content (AvgIpc) is 3.55. The Labute approximate surface area is 210 Å². The van der Waals surface area contributed by atoms with Crippen LogP contribution in [-0.2, 0) is 22.6 Å². The number of methoxy groups -OCH3 is 1. The summed E-state index contributed by atoms with van der Waals surface area (Å²) in [6.45, 7) is 3.15. The summed E-state index contributed by atoms with van der Waals surface area (Å²) < 4.78 is 30.2. The van der Waals surface area contributed by atoms with Crippen LogP contribution in [0.4, 0.5) is 4.39 Å². The number of hydrogen-bond acceptors (Lipinski definition) is 5. The minimum Gasteiger partial charge on any atom is -0.497 e. The molecule has 0 spiro atoms. The van der Waals surface area contributed by atoms with Crippen molar-refractivity contribution >= 4 is 11.8 Å². The first-order chi connectivity index (χ1) is 17.4. The van der Waals surface area contributed by atoms with E-state index in [1.165, 1.54) is 17.0 Å². The Morgan fingerprint density at radius 2 is 1.86 bits per heavy atom. The lowest BCUT2D eigenvalue weighted by molar-refractivity contribution is -0.133. The van der Waals surface area contributed by atoms with E-state index >= 15 is 0 Å². The first-order valence-electron chi connectivity index (χ1n) is 12.0. The van der Waals surface area contributed by atoms with E-state index in [0.29, 0.717) is 30.2 Å². The van der Waals surface area contributed by atoms with Crippen LogP contribution < -0.4 is 4.74 Å². The predicted molar refractivity (Wildman–Crippen MR) is 132 cm³/mol. The van der Waals surface area contributed by atoms with Crippen LogP contribution in [0.3, 0.4) is 0 Å². The van der Waals surface area contributed by atoms with Crippen LogP contribution in [0, 0.1) is 12.7 Å². The van der Waals surface area contributed by atoms with E-state index in [4.69, 9.17) is 13.9 Å². The number of nitrogens with zero attached hydrogens (tertiary/aromatic N) is 2. The second kappa shape index (κ2) is 11.9. The molecule has 1 fully saturated rings. The van der Waals surface area contributed by atoms with Gasteiger partial charge in [-0.15, -0.1) is 0 Å². The molecule has 2 heterocycles. The molecule has 0 saturated carbocycles. The molecule has 2 aromatic carbocycles. The maximum atomic E-state index is 13.6. The van der Waals surface area contributed by atoms with Crippen molar-refractivity contribution in [3.8, 4) is 5.75 Å². The number of halogens is 1. The largest absolute Gasteiger partial charge is 0.497 e. The zero-order chi connectivity index (χ0) is 25.5. The van der Waals surface area contributed by atoms with Gasteiger partial charge in [0.25, 0.3) is 5.91 Å². The zero-order valence-electron chi connectivity index (χ0n) is 20.6. The average molecular weight is 495 g/mol. The third kappa shape index (κ3) is 6.73. The van der Waals surface area contributed by atoms with Gasteiger partial charge in [0.1, 0.15) is 29.6 Å². The molecule has 0 bridgehead atoms. The van der Waals surface area contributed by atoms with Crippen molar-refractivity contribution < 1.29 is 27.9 Å². The fourth-order valence-corrected chi connectivity index (χ4v) is 4.26. The minimum atomic E-state index is -0.343. The van der Waals surface area contributed by atoms with E-state index in [1.807, 2.05) is 19.1 Å². The molecule has 190 valence electrons. The Bertz CT molecular complexity index is 1170. The summed E-state index contributed by atoms with van der Waals surface area (Å²) in [5.41, 5.74) is 1.21. The summed E-state index contributed by atoms with van der Waals surface area (Å²) in [4.78, 5) is 30.3. The van der Waals surface area contributed by atoms with E-state index in [1.54, 1.807) is 48.4 Å². The third-order valence-corrected chi connectivity index (χ3v) is 6.16. The lowest BCUT2D eigenvalue weighted by atomic mass is 10.1. The molecule has 4 rings (SSSR count). The molecule has 1 saturated heterocycles. The molecular formula is C28H31FN2O5. The first kappa shape index (κ1) is 25.4. The van der Waals surface area contributed by atoms with Crippen LogP contribution in [-0.4, -0.2) is 54.5 Å². The molecule has 0 radical (unpaired) electrons. The highest BCUT2D eigenvalue weighted by Crippen LogP contribution is 2.19. The smallest absolute Gasteiger partial charge is 0.254 e. The first-order valence-corrected chi connectivity index (χ1v) is 12.0. The maximum Gasteiger partial charge on any atom is 0.254 e. The van der Waals surface area contributed by atoms with Gasteiger partial charge in [-0.05, 0) is 67.8 Å². The molecule has 7 nitrogen and oxygen atoms in total. The fourth-order valence-electron chi connectivity index (χ4n) is 4.26. The van der Waals surface area contributed by atoms with Crippen molar-refractivity contribution in [1.29, 1.82) is 0 Å². The van der Waals surface area contributed by atoms with E-state index < -0.39 is 0 Å². The molecule has 0 N–H and O–H groups in total. The lowest BCUT2D eigenvalue weighted by Gasteiger charge is -2.29. The summed E-state index contributed by atoms with van der Waals surface area (Å²) in [5.74, 6) is 1.08. The van der Waals surface area contributed by atoms with Gasteiger partial charge in [-0.25, -0.2) is 4.39 Å². The van der Waals surface area contributed by atoms with Crippen molar-refractivity contribution in [3.05, 3.63) is 89.1 Å². The van der Waals surface area contributed by atoms with Crippen LogP contribution in [0.2, 0.25) is 0 Å². The number of carbonyl (C=O) groups is 2. The Kier molecular flexibility index (Phi) is 8.38. The Morgan fingerprint density at radius 3 is 2.53 bits per heavy atom. The molecule has 8 heteroatoms. The standard InChI is InChI=1S/C28H31FN2O5/c1-20-8-13-26(36-20)18-30(16-21-9-11-23(29)12-10-21)27(32)19-31(17-25-7-4-14-35-25)28(33)22-5-3-6-24(15-22)34-2/h3,5-6,8-13,15,25H,4,7,14,16-19H2,1-2H3. The fraction of sp³-hybridized carbons (Fsp3) is 0.357. The molecule has 1 aliphatic heterocycles. The number of ether oxygens (including phenoxy) is 2. The number of furan rings is 1. The summed E-state index contributed by atoms with van der Waals surface area (Å²) in [7, 11) is 1.54. The predicted octanol–water partition coefficient (Wildman–Crippen LogP) is 4.59. The topological polar surface area (TPSA) is 72.2 Å². The van der Waals surface area contributed by atoms with Crippen LogP contribution in [0.25, 0.3) is 0 Å². The number of amides is 2. The molecule has 1 aromatic heterocycles. The van der Waals surface area contributed by atoms with Gasteiger partial charge in [0.05, 0.1) is 19.8 Å². The number of hydrogen-bond donors (Lipinski definition) is 0. The molecule has 2 amide bonds. The zero-order valence-corrected chi connectivity index (χ0v) is 20.6. The highest BCUT2D eigenvalue weighted by molar-refractivity contribution is 5.96. The molecular weight excluding hydrogens is 463 g/mol. The molecule has 1 aliphatic rings. The second-order valence-electron chi connectivity index (χ2n) is 8.94. The summed E-state index contributed by atoms with van der Waals surface area (Å²) in [5, 5.41) is 0. The van der Waals surface area contributed by atoms with Gasteiger partial charge in [0, 0.05) is 25.3 Å². The SMILES string of the molecule is COc1cccc(C(=O)N(CC(=O)N(Cc2ccc(F)cc2)Cc2ccc(C)o2)CC2CCCO2)c1. The normalized spacial score (nSPS) is 15.0. The van der Waals surface area contributed by atoms with Gasteiger partial charge in [-0.1, -0.05) is 18.2 Å². The van der Waals surface area contributed by atoms with E-state index in [0.717, 1.165) is 24.2 Å². The molecule has 36 heavy (non-hydrogen) atoms. The second-order valence-corrected chi connectivity index (χ2v) is 8.94.